The summed E-state index contributed by atoms with van der Waals surface area (Å²) < 4.78 is 0. The van der Waals surface area contributed by atoms with Gasteiger partial charge in [-0.3, -0.25) is 5.32 Å². The topological polar surface area (TPSA) is 35.8 Å². The van der Waals surface area contributed by atoms with Gasteiger partial charge in [-0.2, -0.15) is 5.26 Å². The van der Waals surface area contributed by atoms with E-state index in [9.17, 15) is 5.26 Å². The van der Waals surface area contributed by atoms with E-state index < -0.39 is 5.54 Å². The van der Waals surface area contributed by atoms with Crippen LogP contribution in [0.25, 0.3) is 0 Å². The largest absolute Gasteiger partial charge is 0.300 e. The summed E-state index contributed by atoms with van der Waals surface area (Å²) in [6.45, 7) is 9.09. The average Bonchev–Trinajstić information content (AvgIpc) is 2.34. The Hall–Kier alpha value is -0.980. The van der Waals surface area contributed by atoms with Gasteiger partial charge in [-0.15, -0.1) is 11.8 Å². The average molecular weight is 262 g/mol. The molecule has 0 aliphatic carbocycles. The normalized spacial score (nSPS) is 13.9. The molecule has 98 valence electrons. The molecule has 0 spiro atoms. The fourth-order valence-electron chi connectivity index (χ4n) is 1.80. The molecule has 0 saturated carbocycles. The highest BCUT2D eigenvalue weighted by Crippen LogP contribution is 2.25. The quantitative estimate of drug-likeness (QED) is 0.794. The maximum Gasteiger partial charge on any atom is 0.104 e. The molecule has 0 fully saturated rings. The highest BCUT2D eigenvalue weighted by Gasteiger charge is 2.21. The third-order valence-corrected chi connectivity index (χ3v) is 4.18. The van der Waals surface area contributed by atoms with Crippen molar-refractivity contribution in [3.63, 3.8) is 0 Å². The van der Waals surface area contributed by atoms with Crippen molar-refractivity contribution in [2.75, 3.05) is 12.3 Å². The Balaban J connectivity index is 2.56. The minimum Gasteiger partial charge on any atom is -0.300 e. The molecule has 1 aromatic carbocycles. The Morgan fingerprint density at radius 2 is 2.11 bits per heavy atom. The molecular weight excluding hydrogens is 240 g/mol. The Labute approximate surface area is 115 Å². The van der Waals surface area contributed by atoms with E-state index in [1.165, 1.54) is 16.0 Å². The first-order chi connectivity index (χ1) is 8.50. The predicted octanol–water partition coefficient (Wildman–Crippen LogP) is 3.68. The zero-order chi connectivity index (χ0) is 13.6. The second-order valence-electron chi connectivity index (χ2n) is 4.84. The number of hydrogen-bond acceptors (Lipinski definition) is 3. The van der Waals surface area contributed by atoms with Crippen LogP contribution in [0.3, 0.4) is 0 Å². The van der Waals surface area contributed by atoms with Gasteiger partial charge in [-0.05, 0) is 45.4 Å². The van der Waals surface area contributed by atoms with Crippen LogP contribution in [0.4, 0.5) is 0 Å². The van der Waals surface area contributed by atoms with Crippen molar-refractivity contribution in [2.45, 2.75) is 44.6 Å². The molecule has 0 aromatic heterocycles. The van der Waals surface area contributed by atoms with Crippen LogP contribution in [0.5, 0.6) is 0 Å². The molecule has 0 heterocycles. The fourth-order valence-corrected chi connectivity index (χ4v) is 3.10. The number of thioether (sulfide) groups is 1. The van der Waals surface area contributed by atoms with Gasteiger partial charge >= 0.3 is 0 Å². The van der Waals surface area contributed by atoms with Crippen molar-refractivity contribution in [2.24, 2.45) is 0 Å². The van der Waals surface area contributed by atoms with Crippen LogP contribution < -0.4 is 5.32 Å². The van der Waals surface area contributed by atoms with E-state index in [0.717, 1.165) is 18.7 Å². The minimum atomic E-state index is -0.403. The molecule has 0 bridgehead atoms. The zero-order valence-corrected chi connectivity index (χ0v) is 12.5. The van der Waals surface area contributed by atoms with Crippen LogP contribution in [0, 0.1) is 25.2 Å². The lowest BCUT2D eigenvalue weighted by Crippen LogP contribution is -2.41. The van der Waals surface area contributed by atoms with E-state index in [-0.39, 0.29) is 0 Å². The third-order valence-electron chi connectivity index (χ3n) is 3.02. The van der Waals surface area contributed by atoms with Gasteiger partial charge < -0.3 is 0 Å². The molecule has 0 radical (unpaired) electrons. The zero-order valence-electron chi connectivity index (χ0n) is 11.7. The van der Waals surface area contributed by atoms with Gasteiger partial charge in [0, 0.05) is 10.6 Å². The monoisotopic (exact) mass is 262 g/mol. The summed E-state index contributed by atoms with van der Waals surface area (Å²) in [7, 11) is 0. The molecular formula is C15H22N2S. The number of nitriles is 1. The maximum atomic E-state index is 9.19. The summed E-state index contributed by atoms with van der Waals surface area (Å²) in [5, 5.41) is 12.4. The minimum absolute atomic E-state index is 0.403. The summed E-state index contributed by atoms with van der Waals surface area (Å²) in [6, 6.07) is 8.88. The summed E-state index contributed by atoms with van der Waals surface area (Å²) in [5.41, 5.74) is 2.20. The maximum absolute atomic E-state index is 9.19. The molecule has 1 unspecified atom stereocenters. The second-order valence-corrected chi connectivity index (χ2v) is 5.98. The Bertz CT molecular complexity index is 437. The Morgan fingerprint density at radius 3 is 2.72 bits per heavy atom. The van der Waals surface area contributed by atoms with Crippen LogP contribution in [0.15, 0.2) is 23.1 Å². The van der Waals surface area contributed by atoms with Gasteiger partial charge in [0.1, 0.15) is 5.54 Å². The van der Waals surface area contributed by atoms with Gasteiger partial charge in [0.05, 0.1) is 6.07 Å². The summed E-state index contributed by atoms with van der Waals surface area (Å²) in [4.78, 5) is 1.33. The van der Waals surface area contributed by atoms with Gasteiger partial charge in [-0.1, -0.05) is 24.6 Å². The molecule has 0 saturated heterocycles. The fraction of sp³-hybridized carbons (Fsp3) is 0.533. The van der Waals surface area contributed by atoms with Gasteiger partial charge in [0.15, 0.2) is 0 Å². The van der Waals surface area contributed by atoms with Crippen LogP contribution >= 0.6 is 11.8 Å². The Morgan fingerprint density at radius 1 is 1.39 bits per heavy atom. The molecule has 0 amide bonds. The number of nitrogens with one attached hydrogen (secondary N) is 1. The van der Waals surface area contributed by atoms with Crippen LogP contribution in [-0.4, -0.2) is 17.8 Å². The summed E-state index contributed by atoms with van der Waals surface area (Å²) in [6.07, 6.45) is 0.857. The number of hydrogen-bond donors (Lipinski definition) is 1. The molecule has 1 atom stereocenters. The third kappa shape index (κ3) is 4.36. The number of benzene rings is 1. The van der Waals surface area contributed by atoms with Crippen molar-refractivity contribution in [3.05, 3.63) is 29.3 Å². The van der Waals surface area contributed by atoms with Gasteiger partial charge in [0.25, 0.3) is 0 Å². The SMILES string of the molecule is CCNC(C)(C#N)CCSc1cc(C)ccc1C. The predicted molar refractivity (Wildman–Crippen MR) is 79.0 cm³/mol. The molecule has 2 nitrogen and oxygen atoms in total. The molecule has 3 heteroatoms. The van der Waals surface area contributed by atoms with E-state index in [4.69, 9.17) is 0 Å². The van der Waals surface area contributed by atoms with Gasteiger partial charge in [-0.25, -0.2) is 0 Å². The number of rotatable bonds is 6. The highest BCUT2D eigenvalue weighted by molar-refractivity contribution is 7.99. The lowest BCUT2D eigenvalue weighted by molar-refractivity contribution is 0.450. The van der Waals surface area contributed by atoms with Crippen molar-refractivity contribution in [3.8, 4) is 6.07 Å². The van der Waals surface area contributed by atoms with Crippen molar-refractivity contribution >= 4 is 11.8 Å². The standard InChI is InChI=1S/C15H22N2S/c1-5-17-15(4,11-16)8-9-18-14-10-12(2)6-7-13(14)3/h6-7,10,17H,5,8-9H2,1-4H3. The van der Waals surface area contributed by atoms with E-state index in [2.05, 4.69) is 43.4 Å². The van der Waals surface area contributed by atoms with Crippen LogP contribution in [0.2, 0.25) is 0 Å². The van der Waals surface area contributed by atoms with Crippen LogP contribution in [-0.2, 0) is 0 Å². The van der Waals surface area contributed by atoms with Crippen molar-refractivity contribution < 1.29 is 0 Å². The molecule has 1 aromatic rings. The van der Waals surface area contributed by atoms with E-state index in [1.807, 2.05) is 25.6 Å². The first-order valence-electron chi connectivity index (χ1n) is 6.37. The van der Waals surface area contributed by atoms with Gasteiger partial charge in [0.2, 0.25) is 0 Å². The summed E-state index contributed by atoms with van der Waals surface area (Å²) in [5.74, 6) is 0.960. The second kappa shape index (κ2) is 6.82. The number of nitrogens with zero attached hydrogens (tertiary/aromatic N) is 1. The highest BCUT2D eigenvalue weighted by atomic mass is 32.2. The molecule has 1 N–H and O–H groups in total. The van der Waals surface area contributed by atoms with Crippen LogP contribution in [0.1, 0.15) is 31.4 Å². The molecule has 18 heavy (non-hydrogen) atoms. The lowest BCUT2D eigenvalue weighted by atomic mass is 10.0. The molecule has 0 aliphatic rings. The first-order valence-corrected chi connectivity index (χ1v) is 7.35. The smallest absolute Gasteiger partial charge is 0.104 e. The first kappa shape index (κ1) is 15.1. The van der Waals surface area contributed by atoms with E-state index in [0.29, 0.717) is 0 Å². The summed E-state index contributed by atoms with van der Waals surface area (Å²) >= 11 is 1.84. The van der Waals surface area contributed by atoms with Crippen molar-refractivity contribution in [1.82, 2.24) is 5.32 Å². The number of aryl methyl sites for hydroxylation is 2. The Kier molecular flexibility index (Phi) is 5.71. The molecule has 1 rings (SSSR count). The lowest BCUT2D eigenvalue weighted by Gasteiger charge is -2.22. The van der Waals surface area contributed by atoms with E-state index >= 15 is 0 Å². The molecule has 0 aliphatic heterocycles. The van der Waals surface area contributed by atoms with E-state index in [1.54, 1.807) is 0 Å². The van der Waals surface area contributed by atoms with Crippen molar-refractivity contribution in [1.29, 1.82) is 5.26 Å².